The molecule has 0 aromatic heterocycles. The van der Waals surface area contributed by atoms with Crippen LogP contribution in [-0.2, 0) is 4.79 Å². The van der Waals surface area contributed by atoms with E-state index in [1.165, 1.54) is 0 Å². The van der Waals surface area contributed by atoms with E-state index >= 15 is 0 Å². The fourth-order valence-electron chi connectivity index (χ4n) is 0.887. The highest BCUT2D eigenvalue weighted by molar-refractivity contribution is 5.89. The number of carbonyl (C=O) groups excluding carboxylic acids is 1. The number of rotatable bonds is 2. The summed E-state index contributed by atoms with van der Waals surface area (Å²) in [4.78, 5) is 10.3. The Bertz CT molecular complexity index is 374. The summed E-state index contributed by atoms with van der Waals surface area (Å²) in [6.45, 7) is 0. The highest BCUT2D eigenvalue weighted by Gasteiger charge is 2.05. The zero-order valence-electron chi connectivity index (χ0n) is 6.77. The molecule has 0 aliphatic carbocycles. The number of aliphatic hydroxyl groups excluding tert-OH is 1. The number of carbonyl (C=O) groups is 1. The summed E-state index contributed by atoms with van der Waals surface area (Å²) in [6.07, 6.45) is 0.336. The molecule has 0 aliphatic heterocycles. The molecule has 13 heavy (non-hydrogen) atoms. The van der Waals surface area contributed by atoms with Gasteiger partial charge >= 0.3 is 0 Å². The van der Waals surface area contributed by atoms with E-state index < -0.39 is 0 Å². The molecule has 0 heterocycles. The lowest BCUT2D eigenvalue weighted by Gasteiger charge is -1.98. The second-order valence-corrected chi connectivity index (χ2v) is 2.36. The van der Waals surface area contributed by atoms with Crippen molar-refractivity contribution in [1.82, 2.24) is 0 Å². The van der Waals surface area contributed by atoms with Crippen molar-refractivity contribution in [3.8, 4) is 6.07 Å². The second-order valence-electron chi connectivity index (χ2n) is 2.36. The molecule has 0 saturated carbocycles. The number of nitrogens with zero attached hydrogens (tertiary/aromatic N) is 1. The maximum absolute atomic E-state index is 10.3. The summed E-state index contributed by atoms with van der Waals surface area (Å²) < 4.78 is 0. The minimum atomic E-state index is -0.280. The standard InChI is InChI=1S/C10H7NO2/c11-6-9(7-12)10(13)8-4-2-1-3-5-8/h1-5,7,13H. The molecule has 0 bridgehead atoms. The molecule has 0 fully saturated rings. The highest BCUT2D eigenvalue weighted by Crippen LogP contribution is 2.13. The van der Waals surface area contributed by atoms with Gasteiger partial charge in [-0.25, -0.2) is 0 Å². The number of hydrogen-bond acceptors (Lipinski definition) is 3. The first kappa shape index (κ1) is 9.01. The maximum Gasteiger partial charge on any atom is 0.164 e. The monoisotopic (exact) mass is 173 g/mol. The normalized spacial score (nSPS) is 11.3. The third-order valence-electron chi connectivity index (χ3n) is 1.54. The molecule has 3 nitrogen and oxygen atoms in total. The largest absolute Gasteiger partial charge is 0.506 e. The van der Waals surface area contributed by atoms with Crippen LogP contribution in [0.4, 0.5) is 0 Å². The van der Waals surface area contributed by atoms with E-state index in [1.54, 1.807) is 36.4 Å². The van der Waals surface area contributed by atoms with Crippen molar-refractivity contribution in [3.63, 3.8) is 0 Å². The van der Waals surface area contributed by atoms with Gasteiger partial charge in [0.25, 0.3) is 0 Å². The van der Waals surface area contributed by atoms with E-state index in [1.807, 2.05) is 0 Å². The zero-order chi connectivity index (χ0) is 9.68. The molecule has 0 atom stereocenters. The van der Waals surface area contributed by atoms with Gasteiger partial charge in [-0.3, -0.25) is 4.79 Å². The van der Waals surface area contributed by atoms with Crippen LogP contribution >= 0.6 is 0 Å². The highest BCUT2D eigenvalue weighted by atomic mass is 16.3. The predicted octanol–water partition coefficient (Wildman–Crippen LogP) is 1.68. The Hall–Kier alpha value is -2.08. The molecule has 1 N–H and O–H groups in total. The molecule has 0 amide bonds. The number of allylic oxidation sites excluding steroid dienone is 1. The molecule has 1 aromatic carbocycles. The minimum absolute atomic E-state index is 0.258. The molecule has 0 aliphatic rings. The lowest BCUT2D eigenvalue weighted by molar-refractivity contribution is -0.104. The number of aldehydes is 1. The van der Waals surface area contributed by atoms with E-state index in [9.17, 15) is 9.90 Å². The van der Waals surface area contributed by atoms with E-state index in [0.29, 0.717) is 11.8 Å². The number of hydrogen-bond donors (Lipinski definition) is 1. The van der Waals surface area contributed by atoms with E-state index in [0.717, 1.165) is 0 Å². The summed E-state index contributed by atoms with van der Waals surface area (Å²) in [5, 5.41) is 17.9. The molecule has 1 rings (SSSR count). The van der Waals surface area contributed by atoms with Gasteiger partial charge in [-0.05, 0) is 0 Å². The van der Waals surface area contributed by atoms with Crippen LogP contribution in [0.2, 0.25) is 0 Å². The van der Waals surface area contributed by atoms with Gasteiger partial charge in [0.15, 0.2) is 6.29 Å². The predicted molar refractivity (Wildman–Crippen MR) is 47.7 cm³/mol. The first-order valence-electron chi connectivity index (χ1n) is 3.63. The van der Waals surface area contributed by atoms with Crippen molar-refractivity contribution >= 4 is 12.0 Å². The third kappa shape index (κ3) is 1.94. The van der Waals surface area contributed by atoms with Gasteiger partial charge in [0.05, 0.1) is 0 Å². The average Bonchev–Trinajstić information content (AvgIpc) is 2.21. The van der Waals surface area contributed by atoms with Gasteiger partial charge in [-0.15, -0.1) is 0 Å². The van der Waals surface area contributed by atoms with Crippen molar-refractivity contribution in [3.05, 3.63) is 41.5 Å². The Balaban J connectivity index is 3.18. The van der Waals surface area contributed by atoms with Crippen LogP contribution in [0.5, 0.6) is 0 Å². The first-order valence-corrected chi connectivity index (χ1v) is 3.63. The van der Waals surface area contributed by atoms with Crippen molar-refractivity contribution in [2.45, 2.75) is 0 Å². The number of aliphatic hydroxyl groups is 1. The Morgan fingerprint density at radius 1 is 1.38 bits per heavy atom. The third-order valence-corrected chi connectivity index (χ3v) is 1.54. The van der Waals surface area contributed by atoms with Crippen LogP contribution < -0.4 is 0 Å². The summed E-state index contributed by atoms with van der Waals surface area (Å²) in [6, 6.07) is 10.1. The summed E-state index contributed by atoms with van der Waals surface area (Å²) >= 11 is 0. The number of benzene rings is 1. The quantitative estimate of drug-likeness (QED) is 0.320. The van der Waals surface area contributed by atoms with Crippen LogP contribution in [0.15, 0.2) is 35.9 Å². The van der Waals surface area contributed by atoms with Crippen molar-refractivity contribution in [2.75, 3.05) is 0 Å². The Morgan fingerprint density at radius 3 is 2.46 bits per heavy atom. The topological polar surface area (TPSA) is 61.1 Å². The molecule has 1 aromatic rings. The van der Waals surface area contributed by atoms with Gasteiger partial charge in [0, 0.05) is 5.56 Å². The molecular weight excluding hydrogens is 166 g/mol. The van der Waals surface area contributed by atoms with Crippen LogP contribution in [-0.4, -0.2) is 11.4 Å². The molecule has 0 spiro atoms. The van der Waals surface area contributed by atoms with Crippen molar-refractivity contribution < 1.29 is 9.90 Å². The molecule has 3 heteroatoms. The van der Waals surface area contributed by atoms with Gasteiger partial charge in [-0.2, -0.15) is 5.26 Å². The molecule has 0 radical (unpaired) electrons. The molecule has 0 unspecified atom stereocenters. The van der Waals surface area contributed by atoms with Gasteiger partial charge in [-0.1, -0.05) is 30.3 Å². The fraction of sp³-hybridized carbons (Fsp3) is 0. The SMILES string of the molecule is N#CC(C=O)=C(O)c1ccccc1. The van der Waals surface area contributed by atoms with Crippen LogP contribution in [0, 0.1) is 11.3 Å². The maximum atomic E-state index is 10.3. The van der Waals surface area contributed by atoms with Gasteiger partial charge in [0.2, 0.25) is 0 Å². The van der Waals surface area contributed by atoms with Crippen LogP contribution in [0.25, 0.3) is 5.76 Å². The molecular formula is C10H7NO2. The number of nitriles is 1. The molecule has 64 valence electrons. The average molecular weight is 173 g/mol. The van der Waals surface area contributed by atoms with E-state index in [2.05, 4.69) is 0 Å². The first-order chi connectivity index (χ1) is 6.29. The lowest BCUT2D eigenvalue weighted by atomic mass is 10.1. The van der Waals surface area contributed by atoms with Crippen LogP contribution in [0.3, 0.4) is 0 Å². The van der Waals surface area contributed by atoms with Crippen molar-refractivity contribution in [1.29, 1.82) is 5.26 Å². The van der Waals surface area contributed by atoms with E-state index in [-0.39, 0.29) is 11.3 Å². The minimum Gasteiger partial charge on any atom is -0.506 e. The van der Waals surface area contributed by atoms with Gasteiger partial charge in [0.1, 0.15) is 17.4 Å². The molecule has 0 saturated heterocycles. The fourth-order valence-corrected chi connectivity index (χ4v) is 0.887. The summed E-state index contributed by atoms with van der Waals surface area (Å²) in [5.74, 6) is -0.280. The zero-order valence-corrected chi connectivity index (χ0v) is 6.77. The Kier molecular flexibility index (Phi) is 2.82. The summed E-state index contributed by atoms with van der Waals surface area (Å²) in [5.41, 5.74) is 0.206. The summed E-state index contributed by atoms with van der Waals surface area (Å²) in [7, 11) is 0. The Morgan fingerprint density at radius 2 is 2.00 bits per heavy atom. The lowest BCUT2D eigenvalue weighted by Crippen LogP contribution is -1.89. The van der Waals surface area contributed by atoms with Gasteiger partial charge < -0.3 is 5.11 Å². The Labute approximate surface area is 75.5 Å². The van der Waals surface area contributed by atoms with Crippen molar-refractivity contribution in [2.24, 2.45) is 0 Å². The van der Waals surface area contributed by atoms with E-state index in [4.69, 9.17) is 5.26 Å². The second kappa shape index (κ2) is 4.07. The van der Waals surface area contributed by atoms with Crippen LogP contribution in [0.1, 0.15) is 5.56 Å². The smallest absolute Gasteiger partial charge is 0.164 e.